The maximum atomic E-state index is 13.5. The third kappa shape index (κ3) is 2.19. The number of fused-ring (bicyclic) bond motifs is 1. The maximum Gasteiger partial charge on any atom is 0.234 e. The summed E-state index contributed by atoms with van der Waals surface area (Å²) in [4.78, 5) is 7.69. The average Bonchev–Trinajstić information content (AvgIpc) is 2.82. The summed E-state index contributed by atoms with van der Waals surface area (Å²) < 4.78 is 31.8. The van der Waals surface area contributed by atoms with Gasteiger partial charge in [-0.25, -0.2) is 8.78 Å². The van der Waals surface area contributed by atoms with Gasteiger partial charge < -0.3 is 4.74 Å². The molecule has 0 saturated carbocycles. The smallest absolute Gasteiger partial charge is 0.234 e. The summed E-state index contributed by atoms with van der Waals surface area (Å²) in [6, 6.07) is 2.86. The Morgan fingerprint density at radius 3 is 2.89 bits per heavy atom. The van der Waals surface area contributed by atoms with Crippen LogP contribution in [0.15, 0.2) is 24.4 Å². The summed E-state index contributed by atoms with van der Waals surface area (Å²) in [5.41, 5.74) is 0.340. The van der Waals surface area contributed by atoms with E-state index in [0.29, 0.717) is 11.0 Å². The fourth-order valence-electron chi connectivity index (χ4n) is 1.52. The molecule has 0 unspecified atom stereocenters. The fourth-order valence-corrected chi connectivity index (χ4v) is 1.68. The number of H-pyrrole nitrogens is 1. The molecule has 0 fully saturated rings. The van der Waals surface area contributed by atoms with Crippen LogP contribution in [-0.4, -0.2) is 20.2 Å². The Balaban J connectivity index is 2.10. The number of nitrogens with zero attached hydrogens (tertiary/aromatic N) is 3. The minimum absolute atomic E-state index is 0.00625. The van der Waals surface area contributed by atoms with Gasteiger partial charge in [0.25, 0.3) is 0 Å². The van der Waals surface area contributed by atoms with Crippen LogP contribution < -0.4 is 4.74 Å². The molecule has 5 nitrogen and oxygen atoms in total. The summed E-state index contributed by atoms with van der Waals surface area (Å²) in [6.07, 6.45) is 1.40. The molecule has 0 bridgehead atoms. The minimum atomic E-state index is -0.715. The molecule has 19 heavy (non-hydrogen) atoms. The Morgan fingerprint density at radius 2 is 2.05 bits per heavy atom. The summed E-state index contributed by atoms with van der Waals surface area (Å²) in [5.74, 6) is -1.64. The summed E-state index contributed by atoms with van der Waals surface area (Å²) >= 11 is 5.70. The highest BCUT2D eigenvalue weighted by atomic mass is 35.5. The van der Waals surface area contributed by atoms with Crippen LogP contribution in [0.2, 0.25) is 5.28 Å². The number of benzene rings is 1. The van der Waals surface area contributed by atoms with Crippen molar-refractivity contribution in [1.29, 1.82) is 0 Å². The van der Waals surface area contributed by atoms with Crippen molar-refractivity contribution in [3.63, 3.8) is 0 Å². The zero-order chi connectivity index (χ0) is 13.4. The van der Waals surface area contributed by atoms with Crippen LogP contribution in [-0.2, 0) is 0 Å². The van der Waals surface area contributed by atoms with E-state index in [1.807, 2.05) is 0 Å². The molecule has 1 N–H and O–H groups in total. The van der Waals surface area contributed by atoms with Crippen molar-refractivity contribution in [2.45, 2.75) is 0 Å². The van der Waals surface area contributed by atoms with Crippen molar-refractivity contribution in [2.24, 2.45) is 0 Å². The van der Waals surface area contributed by atoms with E-state index in [2.05, 4.69) is 20.2 Å². The van der Waals surface area contributed by atoms with Crippen molar-refractivity contribution >= 4 is 22.6 Å². The number of rotatable bonds is 2. The van der Waals surface area contributed by atoms with Gasteiger partial charge in [-0.15, -0.1) is 0 Å². The van der Waals surface area contributed by atoms with Gasteiger partial charge in [-0.05, 0) is 23.7 Å². The molecule has 2 heterocycles. The molecule has 0 spiro atoms. The lowest BCUT2D eigenvalue weighted by Gasteiger charge is -2.06. The van der Waals surface area contributed by atoms with Crippen molar-refractivity contribution in [2.75, 3.05) is 0 Å². The SMILES string of the molecule is Fc1ccc(F)c(Oc2nc(Cl)nc3[nH]ncc23)c1. The lowest BCUT2D eigenvalue weighted by atomic mass is 10.3. The van der Waals surface area contributed by atoms with Gasteiger partial charge in [0.1, 0.15) is 11.2 Å². The molecule has 3 aromatic rings. The molecule has 8 heteroatoms. The Hall–Kier alpha value is -2.28. The first-order chi connectivity index (χ1) is 9.13. The molecule has 0 radical (unpaired) electrons. The molecule has 1 aromatic carbocycles. The number of aromatic amines is 1. The highest BCUT2D eigenvalue weighted by Crippen LogP contribution is 2.29. The van der Waals surface area contributed by atoms with E-state index in [-0.39, 0.29) is 16.9 Å². The minimum Gasteiger partial charge on any atom is -0.435 e. The number of halogens is 3. The summed E-state index contributed by atoms with van der Waals surface area (Å²) in [7, 11) is 0. The lowest BCUT2D eigenvalue weighted by molar-refractivity contribution is 0.426. The molecule has 0 atom stereocenters. The Bertz CT molecular complexity index is 762. The molecule has 0 aliphatic rings. The third-order valence-corrected chi connectivity index (χ3v) is 2.52. The highest BCUT2D eigenvalue weighted by Gasteiger charge is 2.13. The second-order valence-corrected chi connectivity index (χ2v) is 3.94. The first-order valence-electron chi connectivity index (χ1n) is 5.13. The van der Waals surface area contributed by atoms with Gasteiger partial charge in [0.15, 0.2) is 17.2 Å². The predicted molar refractivity (Wildman–Crippen MR) is 63.1 cm³/mol. The van der Waals surface area contributed by atoms with Crippen molar-refractivity contribution in [1.82, 2.24) is 20.2 Å². The van der Waals surface area contributed by atoms with E-state index in [4.69, 9.17) is 16.3 Å². The number of hydrogen-bond acceptors (Lipinski definition) is 4. The molecule has 0 amide bonds. The van der Waals surface area contributed by atoms with Gasteiger partial charge in [-0.2, -0.15) is 15.1 Å². The van der Waals surface area contributed by atoms with E-state index in [1.165, 1.54) is 6.20 Å². The predicted octanol–water partition coefficient (Wildman–Crippen LogP) is 3.08. The van der Waals surface area contributed by atoms with Crippen LogP contribution in [0.3, 0.4) is 0 Å². The second kappa shape index (κ2) is 4.43. The molecule has 96 valence electrons. The van der Waals surface area contributed by atoms with E-state index in [0.717, 1.165) is 18.2 Å². The van der Waals surface area contributed by atoms with Crippen molar-refractivity contribution < 1.29 is 13.5 Å². The zero-order valence-corrected chi connectivity index (χ0v) is 9.95. The van der Waals surface area contributed by atoms with Crippen molar-refractivity contribution in [3.05, 3.63) is 41.3 Å². The normalized spacial score (nSPS) is 10.9. The summed E-state index contributed by atoms with van der Waals surface area (Å²) in [6.45, 7) is 0. The molecule has 2 aromatic heterocycles. The fraction of sp³-hybridized carbons (Fsp3) is 0. The standard InChI is InChI=1S/C11H5ClF2N4O/c12-11-16-9-6(4-15-18-9)10(17-11)19-8-3-5(13)1-2-7(8)14/h1-4H,(H,15,16,17,18). The zero-order valence-electron chi connectivity index (χ0n) is 9.19. The van der Waals surface area contributed by atoms with Crippen LogP contribution in [0.25, 0.3) is 11.0 Å². The number of ether oxygens (including phenoxy) is 1. The van der Waals surface area contributed by atoms with Crippen LogP contribution >= 0.6 is 11.6 Å². The molecule has 0 aliphatic heterocycles. The highest BCUT2D eigenvalue weighted by molar-refractivity contribution is 6.28. The van der Waals surface area contributed by atoms with Crippen molar-refractivity contribution in [3.8, 4) is 11.6 Å². The second-order valence-electron chi connectivity index (χ2n) is 3.61. The van der Waals surface area contributed by atoms with E-state index in [1.54, 1.807) is 0 Å². The van der Waals surface area contributed by atoms with E-state index >= 15 is 0 Å². The molecule has 0 saturated heterocycles. The topological polar surface area (TPSA) is 63.7 Å². The Kier molecular flexibility index (Phi) is 2.75. The quantitative estimate of drug-likeness (QED) is 0.734. The van der Waals surface area contributed by atoms with Gasteiger partial charge in [-0.3, -0.25) is 5.10 Å². The van der Waals surface area contributed by atoms with Gasteiger partial charge in [0.2, 0.25) is 11.2 Å². The Labute approximate surface area is 110 Å². The number of aromatic nitrogens is 4. The first kappa shape index (κ1) is 11.8. The average molecular weight is 283 g/mol. The maximum absolute atomic E-state index is 13.5. The number of nitrogens with one attached hydrogen (secondary N) is 1. The van der Waals surface area contributed by atoms with Crippen LogP contribution in [0.5, 0.6) is 11.6 Å². The molecule has 0 aliphatic carbocycles. The largest absolute Gasteiger partial charge is 0.435 e. The third-order valence-electron chi connectivity index (χ3n) is 2.35. The van der Waals surface area contributed by atoms with Gasteiger partial charge in [-0.1, -0.05) is 0 Å². The number of hydrogen-bond donors (Lipinski definition) is 1. The van der Waals surface area contributed by atoms with E-state index in [9.17, 15) is 8.78 Å². The van der Waals surface area contributed by atoms with Crippen LogP contribution in [0.4, 0.5) is 8.78 Å². The van der Waals surface area contributed by atoms with Gasteiger partial charge in [0, 0.05) is 6.07 Å². The van der Waals surface area contributed by atoms with Gasteiger partial charge in [0.05, 0.1) is 6.20 Å². The van der Waals surface area contributed by atoms with E-state index < -0.39 is 11.6 Å². The van der Waals surface area contributed by atoms with Crippen LogP contribution in [0.1, 0.15) is 0 Å². The molecule has 3 rings (SSSR count). The Morgan fingerprint density at radius 1 is 1.21 bits per heavy atom. The van der Waals surface area contributed by atoms with Gasteiger partial charge >= 0.3 is 0 Å². The molecular weight excluding hydrogens is 278 g/mol. The lowest BCUT2D eigenvalue weighted by Crippen LogP contribution is -1.94. The molecular formula is C11H5ClF2N4O. The monoisotopic (exact) mass is 282 g/mol. The van der Waals surface area contributed by atoms with Crippen LogP contribution in [0, 0.1) is 11.6 Å². The summed E-state index contributed by atoms with van der Waals surface area (Å²) in [5, 5.41) is 6.65. The first-order valence-corrected chi connectivity index (χ1v) is 5.51.